The van der Waals surface area contributed by atoms with Crippen LogP contribution in [0.25, 0.3) is 0 Å². The number of phosphoric ester groups is 1. The summed E-state index contributed by atoms with van der Waals surface area (Å²) in [6, 6.07) is 29.4. The zero-order valence-electron chi connectivity index (χ0n) is 49.9. The fourth-order valence-corrected chi connectivity index (χ4v) is 17.2. The molecule has 29 heteroatoms. The predicted molar refractivity (Wildman–Crippen MR) is 336 cm³/mol. The van der Waals surface area contributed by atoms with Crippen LogP contribution in [0.3, 0.4) is 0 Å². The van der Waals surface area contributed by atoms with Crippen LogP contribution in [0, 0.1) is 30.3 Å². The van der Waals surface area contributed by atoms with E-state index in [9.17, 15) is 55.6 Å². The minimum atomic E-state index is -5.57. The molecule has 25 nitrogen and oxygen atoms in total. The molecule has 0 radical (unpaired) electrons. The van der Waals surface area contributed by atoms with Crippen LogP contribution in [0.4, 0.5) is 51.2 Å². The number of para-hydroxylation sites is 3. The van der Waals surface area contributed by atoms with Gasteiger partial charge >= 0.3 is 7.82 Å². The number of sulfonamides is 3. The van der Waals surface area contributed by atoms with E-state index in [0.29, 0.717) is 38.5 Å². The molecule has 0 amide bonds. The minimum Gasteiger partial charge on any atom is -0.350 e. The van der Waals surface area contributed by atoms with Crippen LogP contribution in [0.15, 0.2) is 142 Å². The van der Waals surface area contributed by atoms with E-state index in [4.69, 9.17) is 13.6 Å². The van der Waals surface area contributed by atoms with Crippen LogP contribution in [0.2, 0.25) is 0 Å². The Balaban J connectivity index is 1.16. The van der Waals surface area contributed by atoms with Gasteiger partial charge in [0.1, 0.15) is 33.9 Å². The third-order valence-electron chi connectivity index (χ3n) is 16.4. The number of nitrogens with one attached hydrogen (secondary N) is 6. The van der Waals surface area contributed by atoms with Gasteiger partial charge in [-0.3, -0.25) is 43.9 Å². The van der Waals surface area contributed by atoms with E-state index in [1.165, 1.54) is 127 Å². The molecule has 9 rings (SSSR count). The van der Waals surface area contributed by atoms with Gasteiger partial charge in [0.15, 0.2) is 0 Å². The van der Waals surface area contributed by atoms with E-state index in [2.05, 4.69) is 30.1 Å². The lowest BCUT2D eigenvalue weighted by Crippen LogP contribution is -2.36. The number of benzene rings is 6. The molecule has 3 aliphatic rings. The summed E-state index contributed by atoms with van der Waals surface area (Å²) in [6.45, 7) is 9.77. The van der Waals surface area contributed by atoms with Crippen molar-refractivity contribution in [2.24, 2.45) is 0 Å². The third kappa shape index (κ3) is 14.7. The standard InChI is InChI=1S/C60H72N9O16PS3/c1-7-58(8-2,49-16-13-19-52(55(49)67(70)71)61-40-28-34-46(35-29-40)87(77,78)64-43-22-23-43)83-86(76,84-59(9-3,10-4)50-17-14-20-53(56(50)68(72)73)62-41-30-36-47(37-31-41)88(79,80)65-44-24-25-44)85-60(11-5,12-6)51-18-15-21-54(57(51)69(74)75)63-42-32-38-48(39-33-42)89(81,82)66-45-26-27-45/h13-21,28-39,43-45,61-66H,7-12,22-27H2,1-6H3. The molecule has 0 heterocycles. The Morgan fingerprint density at radius 2 is 0.629 bits per heavy atom. The number of rotatable bonds is 33. The summed E-state index contributed by atoms with van der Waals surface area (Å²) in [5, 5.41) is 49.9. The Morgan fingerprint density at radius 1 is 0.404 bits per heavy atom. The number of nitrogens with zero attached hydrogens (tertiary/aromatic N) is 3. The molecule has 0 atom stereocenters. The Hall–Kier alpha value is -7.24. The van der Waals surface area contributed by atoms with E-state index in [1.54, 1.807) is 41.5 Å². The van der Waals surface area contributed by atoms with Crippen molar-refractivity contribution in [3.8, 4) is 0 Å². The fourth-order valence-electron chi connectivity index (χ4n) is 10.8. The maximum atomic E-state index is 17.1. The molecule has 6 N–H and O–H groups in total. The first-order chi connectivity index (χ1) is 42.2. The van der Waals surface area contributed by atoms with Crippen LogP contribution in [-0.2, 0) is 65.0 Å². The highest BCUT2D eigenvalue weighted by molar-refractivity contribution is 7.90. The molecular weight excluding hydrogens is 1230 g/mol. The molecule has 0 aromatic heterocycles. The SMILES string of the molecule is CCC(CC)(OP(=O)(OC(CC)(CC)c1cccc(Nc2ccc(S(=O)(=O)NC3CC3)cc2)c1[N+](=O)[O-])OC(CC)(CC)c1cccc(Nc2ccc(S(=O)(=O)NC3CC3)cc2)c1[N+](=O)[O-])c1cccc(Nc2ccc(S(=O)(=O)NC3CC3)cc2)c1[N+](=O)[O-]. The number of hydrogen-bond acceptors (Lipinski definition) is 19. The van der Waals surface area contributed by atoms with E-state index in [0.717, 1.165) is 0 Å². The Morgan fingerprint density at radius 3 is 0.820 bits per heavy atom. The maximum Gasteiger partial charge on any atom is 0.477 e. The Bertz CT molecular complexity index is 3610. The van der Waals surface area contributed by atoms with Crippen molar-refractivity contribution < 1.29 is 58.2 Å². The van der Waals surface area contributed by atoms with Gasteiger partial charge in [0.2, 0.25) is 30.1 Å². The van der Waals surface area contributed by atoms with Gasteiger partial charge in [-0.05, 0) is 186 Å². The summed E-state index contributed by atoms with van der Waals surface area (Å²) in [6.07, 6.45) is 3.35. The molecule has 0 bridgehead atoms. The van der Waals surface area contributed by atoms with Gasteiger partial charge in [-0.2, -0.15) is 0 Å². The number of nitro groups is 3. The quantitative estimate of drug-likeness (QED) is 0.0127. The number of anilines is 6. The van der Waals surface area contributed by atoms with Gasteiger partial charge < -0.3 is 16.0 Å². The second-order valence-electron chi connectivity index (χ2n) is 22.3. The van der Waals surface area contributed by atoms with Crippen LogP contribution in [0.5, 0.6) is 0 Å². The molecule has 0 aliphatic heterocycles. The lowest BCUT2D eigenvalue weighted by atomic mass is 9.87. The van der Waals surface area contributed by atoms with Crippen molar-refractivity contribution >= 4 is 89.1 Å². The highest BCUT2D eigenvalue weighted by atomic mass is 32.2. The van der Waals surface area contributed by atoms with Gasteiger partial charge in [-0.25, -0.2) is 44.0 Å². The largest absolute Gasteiger partial charge is 0.477 e. The van der Waals surface area contributed by atoms with Crippen LogP contribution >= 0.6 is 7.82 Å². The molecule has 476 valence electrons. The van der Waals surface area contributed by atoms with Gasteiger partial charge in [0.25, 0.3) is 17.1 Å². The van der Waals surface area contributed by atoms with Crippen molar-refractivity contribution in [1.82, 2.24) is 14.2 Å². The molecular formula is C60H72N9O16PS3. The van der Waals surface area contributed by atoms with Crippen molar-refractivity contribution in [2.45, 2.75) is 168 Å². The summed E-state index contributed by atoms with van der Waals surface area (Å²) in [7, 11) is -17.1. The van der Waals surface area contributed by atoms with Gasteiger partial charge in [0.05, 0.1) is 46.1 Å². The molecule has 6 aromatic rings. The van der Waals surface area contributed by atoms with Crippen LogP contribution in [-0.4, -0.2) is 58.1 Å². The smallest absolute Gasteiger partial charge is 0.350 e. The molecule has 6 aromatic carbocycles. The fraction of sp³-hybridized carbons (Fsp3) is 0.400. The predicted octanol–water partition coefficient (Wildman–Crippen LogP) is 13.6. The lowest BCUT2D eigenvalue weighted by molar-refractivity contribution is -0.385. The first-order valence-corrected chi connectivity index (χ1v) is 35.4. The molecule has 0 saturated heterocycles. The molecule has 89 heavy (non-hydrogen) atoms. The number of phosphoric acid groups is 1. The number of hydrogen-bond donors (Lipinski definition) is 6. The summed E-state index contributed by atoms with van der Waals surface area (Å²) < 4.78 is 124. The highest BCUT2D eigenvalue weighted by Gasteiger charge is 2.54. The van der Waals surface area contributed by atoms with Gasteiger partial charge in [-0.1, -0.05) is 59.7 Å². The molecule has 0 spiro atoms. The Labute approximate surface area is 517 Å². The highest BCUT2D eigenvalue weighted by Crippen LogP contribution is 2.67. The zero-order chi connectivity index (χ0) is 64.3. The second kappa shape index (κ2) is 26.3. The second-order valence-corrected chi connectivity index (χ2v) is 28.9. The lowest BCUT2D eigenvalue weighted by Gasteiger charge is -2.43. The van der Waals surface area contributed by atoms with Crippen molar-refractivity contribution in [1.29, 1.82) is 0 Å². The maximum absolute atomic E-state index is 17.1. The summed E-state index contributed by atoms with van der Waals surface area (Å²) in [5.41, 5.74) is -7.35. The van der Waals surface area contributed by atoms with Crippen LogP contribution in [0.1, 0.15) is 135 Å². The molecule has 3 fully saturated rings. The van der Waals surface area contributed by atoms with Crippen molar-refractivity contribution in [3.05, 3.63) is 174 Å². The zero-order valence-corrected chi connectivity index (χ0v) is 53.2. The molecule has 3 aliphatic carbocycles. The first kappa shape index (κ1) is 66.2. The molecule has 0 unspecified atom stereocenters. The Kier molecular flexibility index (Phi) is 19.6. The molecule has 3 saturated carbocycles. The monoisotopic (exact) mass is 1300 g/mol. The third-order valence-corrected chi connectivity index (χ3v) is 22.8. The van der Waals surface area contributed by atoms with Crippen molar-refractivity contribution in [2.75, 3.05) is 16.0 Å². The van der Waals surface area contributed by atoms with E-state index < -0.39 is 86.5 Å². The van der Waals surface area contributed by atoms with Gasteiger partial charge in [-0.15, -0.1) is 0 Å². The van der Waals surface area contributed by atoms with E-state index >= 15 is 4.57 Å². The van der Waals surface area contributed by atoms with E-state index in [1.807, 2.05) is 0 Å². The summed E-state index contributed by atoms with van der Waals surface area (Å²) in [4.78, 5) is 38.8. The normalized spacial score (nSPS) is 15.1. The topological polar surface area (TPSA) is 349 Å². The number of nitro benzene ring substituents is 3. The van der Waals surface area contributed by atoms with Crippen molar-refractivity contribution in [3.63, 3.8) is 0 Å². The first-order valence-electron chi connectivity index (χ1n) is 29.5. The summed E-state index contributed by atoms with van der Waals surface area (Å²) >= 11 is 0. The van der Waals surface area contributed by atoms with E-state index in [-0.39, 0.29) is 122 Å². The van der Waals surface area contributed by atoms with Gasteiger partial charge in [0, 0.05) is 35.2 Å². The average Bonchev–Trinajstić information content (AvgIpc) is 1.48. The summed E-state index contributed by atoms with van der Waals surface area (Å²) in [5.74, 6) is 0. The minimum absolute atomic E-state index is 0.0201. The van der Waals surface area contributed by atoms with Crippen LogP contribution < -0.4 is 30.1 Å². The average molecular weight is 1300 g/mol.